The molecule has 2 aliphatic heterocycles. The summed E-state index contributed by atoms with van der Waals surface area (Å²) in [6.45, 7) is 1.51. The van der Waals surface area contributed by atoms with Gasteiger partial charge in [-0.3, -0.25) is 29.2 Å². The van der Waals surface area contributed by atoms with Crippen LogP contribution in [0.2, 0.25) is 0 Å². The molecule has 0 bridgehead atoms. The highest BCUT2D eigenvalue weighted by molar-refractivity contribution is 5.94. The second-order valence-corrected chi connectivity index (χ2v) is 10.2. The van der Waals surface area contributed by atoms with Crippen LogP contribution in [0.15, 0.2) is 23.0 Å². The Kier molecular flexibility index (Phi) is 7.04. The molecule has 9 heteroatoms. The van der Waals surface area contributed by atoms with Crippen molar-refractivity contribution < 1.29 is 14.3 Å². The smallest absolute Gasteiger partial charge is 0.263 e. The van der Waals surface area contributed by atoms with Crippen molar-refractivity contribution in [1.82, 2.24) is 14.5 Å². The summed E-state index contributed by atoms with van der Waals surface area (Å²) in [7, 11) is 0. The number of anilines is 1. The molecule has 2 amide bonds. The van der Waals surface area contributed by atoms with E-state index in [9.17, 15) is 14.4 Å². The third kappa shape index (κ3) is 5.05. The summed E-state index contributed by atoms with van der Waals surface area (Å²) >= 11 is 0. The lowest BCUT2D eigenvalue weighted by Gasteiger charge is -2.47. The molecule has 1 saturated carbocycles. The summed E-state index contributed by atoms with van der Waals surface area (Å²) in [6, 6.07) is 5.60. The lowest BCUT2D eigenvalue weighted by Crippen LogP contribution is -2.55. The predicted molar refractivity (Wildman–Crippen MR) is 133 cm³/mol. The molecule has 9 nitrogen and oxygen atoms in total. The van der Waals surface area contributed by atoms with Crippen molar-refractivity contribution in [3.63, 3.8) is 0 Å². The van der Waals surface area contributed by atoms with E-state index in [0.29, 0.717) is 35.2 Å². The molecule has 1 aliphatic carbocycles. The molecule has 3 atom stereocenters. The summed E-state index contributed by atoms with van der Waals surface area (Å²) in [6.07, 6.45) is 11.1. The molecule has 3 heterocycles. The fourth-order valence-corrected chi connectivity index (χ4v) is 6.17. The third-order valence-electron chi connectivity index (χ3n) is 7.88. The van der Waals surface area contributed by atoms with Gasteiger partial charge >= 0.3 is 0 Å². The van der Waals surface area contributed by atoms with E-state index < -0.39 is 0 Å². The highest BCUT2D eigenvalue weighted by Gasteiger charge is 2.38. The number of amides is 2. The van der Waals surface area contributed by atoms with Gasteiger partial charge in [-0.2, -0.15) is 0 Å². The zero-order valence-corrected chi connectivity index (χ0v) is 20.2. The Bertz CT molecular complexity index is 1160. The van der Waals surface area contributed by atoms with E-state index in [1.165, 1.54) is 43.1 Å². The van der Waals surface area contributed by atoms with Gasteiger partial charge in [-0.1, -0.05) is 19.3 Å². The highest BCUT2D eigenvalue weighted by Crippen LogP contribution is 2.37. The van der Waals surface area contributed by atoms with Gasteiger partial charge in [0.1, 0.15) is 12.3 Å². The molecule has 35 heavy (non-hydrogen) atoms. The standard InChI is InChI=1S/C26H35N5O4/c27-24(33)22(30-13-6-8-17-7-3-4-9-21(17)30)10-2-1-5-14-35-18-11-12-20-19(15-18)25(34)31-16-23(32)29-26(31)28-20/h11-12,15,17,21-22H,1-10,13-14,16H2,(H2,27,33)(H,28,29,32). The van der Waals surface area contributed by atoms with Crippen molar-refractivity contribution in [2.45, 2.75) is 82.8 Å². The number of fused-ring (bicyclic) bond motifs is 3. The minimum Gasteiger partial charge on any atom is -0.494 e. The van der Waals surface area contributed by atoms with Crippen molar-refractivity contribution >= 4 is 28.7 Å². The summed E-state index contributed by atoms with van der Waals surface area (Å²) in [5.74, 6) is 1.21. The molecule has 0 spiro atoms. The SMILES string of the molecule is NC(=O)C(CCCCCOc1ccc2nc3n(c(=O)c2c1)CC(=O)N3)N1CCCC2CCCCC21. The van der Waals surface area contributed by atoms with Gasteiger partial charge in [0.25, 0.3) is 5.56 Å². The second-order valence-electron chi connectivity index (χ2n) is 10.2. The van der Waals surface area contributed by atoms with Crippen molar-refractivity contribution in [2.75, 3.05) is 18.5 Å². The topological polar surface area (TPSA) is 120 Å². The zero-order chi connectivity index (χ0) is 24.4. The van der Waals surface area contributed by atoms with E-state index in [0.717, 1.165) is 38.1 Å². The second kappa shape index (κ2) is 10.4. The summed E-state index contributed by atoms with van der Waals surface area (Å²) in [5, 5.41) is 3.04. The molecule has 3 unspecified atom stereocenters. The first-order valence-electron chi connectivity index (χ1n) is 13.0. The number of primary amides is 1. The summed E-state index contributed by atoms with van der Waals surface area (Å²) < 4.78 is 7.24. The van der Waals surface area contributed by atoms with Crippen molar-refractivity contribution in [3.8, 4) is 5.75 Å². The first kappa shape index (κ1) is 23.8. The number of aromatic nitrogens is 2. The number of hydrogen-bond donors (Lipinski definition) is 2. The number of carbonyl (C=O) groups excluding carboxylic acids is 2. The Morgan fingerprint density at radius 2 is 1.97 bits per heavy atom. The monoisotopic (exact) mass is 481 g/mol. The Hall–Kier alpha value is -2.94. The molecule has 188 valence electrons. The fraction of sp³-hybridized carbons (Fsp3) is 0.615. The molecule has 1 aromatic carbocycles. The van der Waals surface area contributed by atoms with Crippen LogP contribution in [0, 0.1) is 5.92 Å². The molecule has 3 aliphatic rings. The summed E-state index contributed by atoms with van der Waals surface area (Å²) in [5.41, 5.74) is 6.13. The van der Waals surface area contributed by atoms with E-state index >= 15 is 0 Å². The Morgan fingerprint density at radius 1 is 1.14 bits per heavy atom. The molecule has 2 fully saturated rings. The number of carbonyl (C=O) groups is 2. The molecule has 2 aromatic rings. The predicted octanol–water partition coefficient (Wildman–Crippen LogP) is 2.80. The van der Waals surface area contributed by atoms with Gasteiger partial charge in [0, 0.05) is 6.04 Å². The van der Waals surface area contributed by atoms with Gasteiger partial charge in [-0.15, -0.1) is 0 Å². The number of hydrogen-bond acceptors (Lipinski definition) is 6. The minimum absolute atomic E-state index is 0.00663. The number of ether oxygens (including phenoxy) is 1. The maximum Gasteiger partial charge on any atom is 0.263 e. The first-order valence-corrected chi connectivity index (χ1v) is 13.0. The molecule has 5 rings (SSSR count). The lowest BCUT2D eigenvalue weighted by molar-refractivity contribution is -0.126. The van der Waals surface area contributed by atoms with Gasteiger partial charge in [-0.25, -0.2) is 4.98 Å². The van der Waals surface area contributed by atoms with Crippen LogP contribution in [0.1, 0.15) is 64.2 Å². The van der Waals surface area contributed by atoms with Gasteiger partial charge in [0.15, 0.2) is 0 Å². The van der Waals surface area contributed by atoms with Gasteiger partial charge < -0.3 is 10.5 Å². The van der Waals surface area contributed by atoms with E-state index in [4.69, 9.17) is 10.5 Å². The molecular formula is C26H35N5O4. The van der Waals surface area contributed by atoms with Gasteiger partial charge in [-0.05, 0) is 75.6 Å². The van der Waals surface area contributed by atoms with E-state index in [-0.39, 0.29) is 30.0 Å². The van der Waals surface area contributed by atoms with Gasteiger partial charge in [0.2, 0.25) is 17.8 Å². The maximum atomic E-state index is 12.7. The molecule has 1 saturated heterocycles. The molecule has 3 N–H and O–H groups in total. The van der Waals surface area contributed by atoms with E-state index in [2.05, 4.69) is 15.2 Å². The van der Waals surface area contributed by atoms with Crippen LogP contribution in [-0.2, 0) is 16.1 Å². The molecular weight excluding hydrogens is 446 g/mol. The van der Waals surface area contributed by atoms with Crippen LogP contribution < -0.4 is 21.3 Å². The number of rotatable bonds is 9. The third-order valence-corrected chi connectivity index (χ3v) is 7.88. The van der Waals surface area contributed by atoms with E-state index in [1.807, 2.05) is 0 Å². The van der Waals surface area contributed by atoms with Crippen LogP contribution in [-0.4, -0.2) is 51.5 Å². The van der Waals surface area contributed by atoms with Crippen LogP contribution in [0.3, 0.4) is 0 Å². The number of unbranched alkanes of at least 4 members (excludes halogenated alkanes) is 2. The average Bonchev–Trinajstić information content (AvgIpc) is 3.24. The Labute approximate surface area is 205 Å². The maximum absolute atomic E-state index is 12.7. The lowest BCUT2D eigenvalue weighted by atomic mass is 9.77. The Morgan fingerprint density at radius 3 is 2.83 bits per heavy atom. The average molecular weight is 482 g/mol. The quantitative estimate of drug-likeness (QED) is 0.532. The highest BCUT2D eigenvalue weighted by atomic mass is 16.5. The van der Waals surface area contributed by atoms with Gasteiger partial charge in [0.05, 0.1) is 23.6 Å². The van der Waals surface area contributed by atoms with Crippen LogP contribution in [0.4, 0.5) is 5.95 Å². The summed E-state index contributed by atoms with van der Waals surface area (Å²) in [4.78, 5) is 43.4. The van der Waals surface area contributed by atoms with E-state index in [1.54, 1.807) is 18.2 Å². The zero-order valence-electron chi connectivity index (χ0n) is 20.2. The van der Waals surface area contributed by atoms with Crippen LogP contribution in [0.5, 0.6) is 5.75 Å². The number of piperidine rings is 1. The molecule has 1 aromatic heterocycles. The normalized spacial score (nSPS) is 22.9. The number of nitrogens with zero attached hydrogens (tertiary/aromatic N) is 3. The fourth-order valence-electron chi connectivity index (χ4n) is 6.17. The first-order chi connectivity index (χ1) is 17.0. The Balaban J connectivity index is 1.11. The van der Waals surface area contributed by atoms with Crippen molar-refractivity contribution in [3.05, 3.63) is 28.6 Å². The number of nitrogens with one attached hydrogen (secondary N) is 1. The number of likely N-dealkylation sites (tertiary alicyclic amines) is 1. The largest absolute Gasteiger partial charge is 0.494 e. The minimum atomic E-state index is -0.246. The number of nitrogens with two attached hydrogens (primary N) is 1. The molecule has 0 radical (unpaired) electrons. The van der Waals surface area contributed by atoms with Crippen molar-refractivity contribution in [2.24, 2.45) is 11.7 Å². The van der Waals surface area contributed by atoms with Crippen LogP contribution in [0.25, 0.3) is 10.9 Å². The number of benzene rings is 1. The van der Waals surface area contributed by atoms with Crippen LogP contribution >= 0.6 is 0 Å². The van der Waals surface area contributed by atoms with Crippen molar-refractivity contribution in [1.29, 1.82) is 0 Å².